The molecule has 3 rings (SSSR count). The van der Waals surface area contributed by atoms with E-state index in [0.29, 0.717) is 10.0 Å². The lowest BCUT2D eigenvalue weighted by Crippen LogP contribution is -1.91. The zero-order valence-electron chi connectivity index (χ0n) is 13.5. The number of nitrogens with one attached hydrogen (secondary N) is 1. The first kappa shape index (κ1) is 17.9. The summed E-state index contributed by atoms with van der Waals surface area (Å²) in [5.41, 5.74) is 5.68. The van der Waals surface area contributed by atoms with Crippen LogP contribution in [0, 0.1) is 0 Å². The van der Waals surface area contributed by atoms with E-state index >= 15 is 0 Å². The number of hydrazone groups is 1. The number of aromatic nitrogens is 2. The van der Waals surface area contributed by atoms with Gasteiger partial charge in [0.2, 0.25) is 5.13 Å². The van der Waals surface area contributed by atoms with E-state index in [4.69, 9.17) is 23.2 Å². The molecular weight excluding hydrogens is 375 g/mol. The van der Waals surface area contributed by atoms with Gasteiger partial charge in [-0.15, -0.1) is 0 Å². The van der Waals surface area contributed by atoms with Gasteiger partial charge in [0, 0.05) is 33.4 Å². The zero-order valence-corrected chi connectivity index (χ0v) is 15.9. The second-order valence-corrected chi connectivity index (χ2v) is 7.25. The Hall–Kier alpha value is -1.95. The first-order valence-corrected chi connectivity index (χ1v) is 9.39. The highest BCUT2D eigenvalue weighted by Crippen LogP contribution is 2.36. The predicted molar refractivity (Wildman–Crippen MR) is 107 cm³/mol. The molecule has 0 aliphatic carbocycles. The van der Waals surface area contributed by atoms with Gasteiger partial charge in [0.1, 0.15) is 0 Å². The Morgan fingerprint density at radius 3 is 2.88 bits per heavy atom. The Balaban J connectivity index is 1.85. The fraction of sp³-hybridized carbons (Fsp3) is 0.167. The van der Waals surface area contributed by atoms with E-state index in [1.807, 2.05) is 24.3 Å². The van der Waals surface area contributed by atoms with Crippen molar-refractivity contribution in [1.82, 2.24) is 9.97 Å². The average molecular weight is 391 g/mol. The maximum atomic E-state index is 6.35. The number of halogens is 2. The normalized spacial score (nSPS) is 11.2. The van der Waals surface area contributed by atoms with Gasteiger partial charge in [-0.2, -0.15) is 5.10 Å². The molecule has 2 aromatic heterocycles. The number of anilines is 1. The Labute approximate surface area is 160 Å². The Bertz CT molecular complexity index is 878. The standard InChI is InChI=1S/C18H16Cl2N4S/c1-2-4-16-17(14-7-6-13(19)9-15(14)20)23-18(25-16)24-22-11-12-5-3-8-21-10-12/h3,5-11H,2,4H2,1H3,(H,23,24)/b22-11+. The van der Waals surface area contributed by atoms with Crippen LogP contribution in [0.15, 0.2) is 47.8 Å². The van der Waals surface area contributed by atoms with Gasteiger partial charge in [-0.3, -0.25) is 10.4 Å². The molecule has 0 amide bonds. The first-order valence-electron chi connectivity index (χ1n) is 7.81. The summed E-state index contributed by atoms with van der Waals surface area (Å²) in [6, 6.07) is 9.26. The van der Waals surface area contributed by atoms with E-state index in [1.165, 1.54) is 4.88 Å². The van der Waals surface area contributed by atoms with Crippen LogP contribution in [-0.2, 0) is 6.42 Å². The summed E-state index contributed by atoms with van der Waals surface area (Å²) in [6.45, 7) is 2.14. The third kappa shape index (κ3) is 4.57. The molecule has 0 aliphatic rings. The SMILES string of the molecule is CCCc1sc(N/N=C/c2cccnc2)nc1-c1ccc(Cl)cc1Cl. The van der Waals surface area contributed by atoms with E-state index < -0.39 is 0 Å². The molecule has 1 aromatic carbocycles. The van der Waals surface area contributed by atoms with Crippen molar-refractivity contribution in [3.05, 3.63) is 63.2 Å². The van der Waals surface area contributed by atoms with Crippen LogP contribution in [0.5, 0.6) is 0 Å². The van der Waals surface area contributed by atoms with Crippen LogP contribution in [0.3, 0.4) is 0 Å². The highest BCUT2D eigenvalue weighted by Gasteiger charge is 2.15. The molecule has 3 aromatic rings. The van der Waals surface area contributed by atoms with Gasteiger partial charge in [0.05, 0.1) is 16.9 Å². The molecular formula is C18H16Cl2N4S. The summed E-state index contributed by atoms with van der Waals surface area (Å²) < 4.78 is 0. The van der Waals surface area contributed by atoms with E-state index in [1.54, 1.807) is 36.0 Å². The summed E-state index contributed by atoms with van der Waals surface area (Å²) in [5, 5.41) is 6.17. The minimum Gasteiger partial charge on any atom is -0.264 e. The van der Waals surface area contributed by atoms with Gasteiger partial charge >= 0.3 is 0 Å². The third-order valence-corrected chi connectivity index (χ3v) is 4.99. The van der Waals surface area contributed by atoms with E-state index in [0.717, 1.165) is 34.8 Å². The molecule has 0 saturated heterocycles. The second-order valence-electron chi connectivity index (χ2n) is 5.32. The average Bonchev–Trinajstić information content (AvgIpc) is 2.99. The molecule has 4 nitrogen and oxygen atoms in total. The van der Waals surface area contributed by atoms with Crippen molar-refractivity contribution in [2.24, 2.45) is 5.10 Å². The molecule has 0 saturated carbocycles. The lowest BCUT2D eigenvalue weighted by Gasteiger charge is -2.04. The van der Waals surface area contributed by atoms with Gasteiger partial charge < -0.3 is 0 Å². The molecule has 0 aliphatic heterocycles. The topological polar surface area (TPSA) is 50.2 Å². The van der Waals surface area contributed by atoms with Gasteiger partial charge in [-0.1, -0.05) is 53.9 Å². The number of rotatable bonds is 6. The number of thiazole rings is 1. The number of benzene rings is 1. The van der Waals surface area contributed by atoms with Crippen LogP contribution >= 0.6 is 34.5 Å². The molecule has 25 heavy (non-hydrogen) atoms. The molecule has 1 N–H and O–H groups in total. The Morgan fingerprint density at radius 1 is 1.28 bits per heavy atom. The van der Waals surface area contributed by atoms with Crippen LogP contribution in [0.25, 0.3) is 11.3 Å². The second kappa shape index (κ2) is 8.43. The molecule has 2 heterocycles. The van der Waals surface area contributed by atoms with Crippen LogP contribution in [-0.4, -0.2) is 16.2 Å². The molecule has 0 fully saturated rings. The van der Waals surface area contributed by atoms with E-state index in [9.17, 15) is 0 Å². The van der Waals surface area contributed by atoms with Gasteiger partial charge in [0.25, 0.3) is 0 Å². The molecule has 0 radical (unpaired) electrons. The van der Waals surface area contributed by atoms with Crippen LogP contribution in [0.1, 0.15) is 23.8 Å². The summed E-state index contributed by atoms with van der Waals surface area (Å²) in [4.78, 5) is 9.90. The number of pyridine rings is 1. The lowest BCUT2D eigenvalue weighted by molar-refractivity contribution is 0.938. The third-order valence-electron chi connectivity index (χ3n) is 3.42. The summed E-state index contributed by atoms with van der Waals surface area (Å²) >= 11 is 13.9. The number of aryl methyl sites for hydroxylation is 1. The fourth-order valence-electron chi connectivity index (χ4n) is 2.30. The van der Waals surface area contributed by atoms with Crippen molar-refractivity contribution in [3.8, 4) is 11.3 Å². The zero-order chi connectivity index (χ0) is 17.6. The maximum Gasteiger partial charge on any atom is 0.204 e. The molecule has 0 bridgehead atoms. The van der Waals surface area contributed by atoms with Crippen molar-refractivity contribution in [1.29, 1.82) is 0 Å². The summed E-state index contributed by atoms with van der Waals surface area (Å²) in [5.74, 6) is 0. The Kier molecular flexibility index (Phi) is 6.02. The van der Waals surface area contributed by atoms with Gasteiger partial charge in [-0.25, -0.2) is 4.98 Å². The largest absolute Gasteiger partial charge is 0.264 e. The highest BCUT2D eigenvalue weighted by molar-refractivity contribution is 7.16. The van der Waals surface area contributed by atoms with Crippen LogP contribution in [0.2, 0.25) is 10.0 Å². The van der Waals surface area contributed by atoms with Gasteiger partial charge in [0.15, 0.2) is 0 Å². The van der Waals surface area contributed by atoms with Crippen molar-refractivity contribution < 1.29 is 0 Å². The number of nitrogens with zero attached hydrogens (tertiary/aromatic N) is 3. The maximum absolute atomic E-state index is 6.35. The predicted octanol–water partition coefficient (Wildman–Crippen LogP) is 5.91. The van der Waals surface area contributed by atoms with Gasteiger partial charge in [-0.05, 0) is 30.7 Å². The van der Waals surface area contributed by atoms with E-state index in [2.05, 4.69) is 27.4 Å². The molecule has 0 atom stereocenters. The van der Waals surface area contributed by atoms with Crippen LogP contribution in [0.4, 0.5) is 5.13 Å². The molecule has 0 spiro atoms. The monoisotopic (exact) mass is 390 g/mol. The van der Waals surface area contributed by atoms with Crippen molar-refractivity contribution in [2.75, 3.05) is 5.43 Å². The number of hydrogen-bond acceptors (Lipinski definition) is 5. The Morgan fingerprint density at radius 2 is 2.16 bits per heavy atom. The molecule has 128 valence electrons. The first-order chi connectivity index (χ1) is 12.2. The fourth-order valence-corrected chi connectivity index (χ4v) is 3.83. The van der Waals surface area contributed by atoms with Crippen molar-refractivity contribution in [2.45, 2.75) is 19.8 Å². The highest BCUT2D eigenvalue weighted by atomic mass is 35.5. The minimum absolute atomic E-state index is 0.598. The molecule has 7 heteroatoms. The van der Waals surface area contributed by atoms with Crippen LogP contribution < -0.4 is 5.43 Å². The number of hydrogen-bond donors (Lipinski definition) is 1. The summed E-state index contributed by atoms with van der Waals surface area (Å²) in [7, 11) is 0. The van der Waals surface area contributed by atoms with Crippen molar-refractivity contribution in [3.63, 3.8) is 0 Å². The van der Waals surface area contributed by atoms with Crippen molar-refractivity contribution >= 4 is 45.9 Å². The smallest absolute Gasteiger partial charge is 0.204 e. The quantitative estimate of drug-likeness (QED) is 0.420. The minimum atomic E-state index is 0.598. The lowest BCUT2D eigenvalue weighted by atomic mass is 10.1. The van der Waals surface area contributed by atoms with E-state index in [-0.39, 0.29) is 0 Å². The molecule has 0 unspecified atom stereocenters. The summed E-state index contributed by atoms with van der Waals surface area (Å²) in [6.07, 6.45) is 7.14.